The number of rotatable bonds is 5. The van der Waals surface area contributed by atoms with Gasteiger partial charge in [0.15, 0.2) is 17.2 Å². The van der Waals surface area contributed by atoms with Crippen molar-refractivity contribution in [3.05, 3.63) is 24.7 Å². The van der Waals surface area contributed by atoms with E-state index in [4.69, 9.17) is 0 Å². The zero-order chi connectivity index (χ0) is 13.0. The Labute approximate surface area is 108 Å². The molecule has 0 saturated heterocycles. The average Bonchev–Trinajstić information content (AvgIpc) is 2.77. The van der Waals surface area contributed by atoms with E-state index < -0.39 is 10.1 Å². The second kappa shape index (κ2) is 5.46. The topological polar surface area (TPSA) is 99.8 Å². The molecule has 2 heterocycles. The quantitative estimate of drug-likeness (QED) is 0.558. The first-order valence-corrected chi connectivity index (χ1v) is 7.47. The van der Waals surface area contributed by atoms with Gasteiger partial charge >= 0.3 is 0 Å². The minimum absolute atomic E-state index is 0.245. The average molecular weight is 286 g/mol. The van der Waals surface area contributed by atoms with Crippen LogP contribution in [0.15, 0.2) is 24.7 Å². The molecule has 0 radical (unpaired) electrons. The van der Waals surface area contributed by atoms with Gasteiger partial charge in [0.1, 0.15) is 0 Å². The molecule has 0 fully saturated rings. The van der Waals surface area contributed by atoms with Gasteiger partial charge in [-0.3, -0.25) is 0 Å². The lowest BCUT2D eigenvalue weighted by atomic mass is 10.4. The van der Waals surface area contributed by atoms with Crippen LogP contribution >= 0.6 is 11.5 Å². The van der Waals surface area contributed by atoms with Gasteiger partial charge in [0.2, 0.25) is 6.20 Å². The van der Waals surface area contributed by atoms with Crippen molar-refractivity contribution in [2.45, 2.75) is 13.0 Å². The maximum absolute atomic E-state index is 10.4. The minimum atomic E-state index is -4.15. The molecular weight excluding hydrogens is 276 g/mol. The molecule has 2 rings (SSSR count). The Kier molecular flexibility index (Phi) is 3.94. The molecule has 0 unspecified atom stereocenters. The smallest absolute Gasteiger partial charge is 0.220 e. The first kappa shape index (κ1) is 13.0. The highest BCUT2D eigenvalue weighted by Crippen LogP contribution is 2.14. The van der Waals surface area contributed by atoms with Crippen LogP contribution in [0, 0.1) is 0 Å². The van der Waals surface area contributed by atoms with E-state index in [1.165, 1.54) is 11.5 Å². The number of hydrogen-bond donors (Lipinski definition) is 0. The van der Waals surface area contributed by atoms with E-state index in [2.05, 4.69) is 14.5 Å². The fourth-order valence-corrected chi connectivity index (χ4v) is 2.47. The van der Waals surface area contributed by atoms with Crippen LogP contribution in [0.25, 0.3) is 10.7 Å². The Hall–Kier alpha value is -1.45. The summed E-state index contributed by atoms with van der Waals surface area (Å²) >= 11 is 1.22. The third-order valence-corrected chi connectivity index (χ3v) is 3.64. The predicted molar refractivity (Wildman–Crippen MR) is 62.5 cm³/mol. The van der Waals surface area contributed by atoms with Gasteiger partial charge in [-0.05, 0) is 6.07 Å². The number of nitrogens with zero attached hydrogens (tertiary/aromatic N) is 4. The van der Waals surface area contributed by atoms with Gasteiger partial charge in [-0.1, -0.05) is 4.68 Å². The summed E-state index contributed by atoms with van der Waals surface area (Å²) in [7, 11) is -4.15. The lowest BCUT2D eigenvalue weighted by Gasteiger charge is -2.02. The molecule has 0 saturated carbocycles. The summed E-state index contributed by atoms with van der Waals surface area (Å²) in [6, 6.07) is 1.72. The molecule has 0 aliphatic rings. The number of aryl methyl sites for hydroxylation is 1. The lowest BCUT2D eigenvalue weighted by Crippen LogP contribution is -2.35. The van der Waals surface area contributed by atoms with E-state index >= 15 is 0 Å². The van der Waals surface area contributed by atoms with Gasteiger partial charge in [0, 0.05) is 36.1 Å². The fourth-order valence-electron chi connectivity index (χ4n) is 1.31. The molecule has 0 atom stereocenters. The maximum atomic E-state index is 10.4. The zero-order valence-corrected chi connectivity index (χ0v) is 10.9. The van der Waals surface area contributed by atoms with Crippen LogP contribution < -0.4 is 4.68 Å². The molecule has 0 spiro atoms. The van der Waals surface area contributed by atoms with Crippen LogP contribution in [0.1, 0.15) is 6.42 Å². The molecular formula is C9H10N4O3S2. The molecule has 96 valence electrons. The summed E-state index contributed by atoms with van der Waals surface area (Å²) in [6.45, 7) is 0.380. The summed E-state index contributed by atoms with van der Waals surface area (Å²) in [5.74, 6) is 0.194. The highest BCUT2D eigenvalue weighted by atomic mass is 32.2. The molecule has 7 nitrogen and oxygen atoms in total. The third kappa shape index (κ3) is 3.79. The van der Waals surface area contributed by atoms with Crippen molar-refractivity contribution in [3.8, 4) is 10.7 Å². The van der Waals surface area contributed by atoms with Gasteiger partial charge in [0.25, 0.3) is 0 Å². The lowest BCUT2D eigenvalue weighted by molar-refractivity contribution is -0.745. The minimum Gasteiger partial charge on any atom is -0.748 e. The standard InChI is InChI=1S/C9H10N4O3S2/c14-18(15,16)6-2-5-13-7-8(17-12-13)9-10-3-1-4-11-9/h1,3-4,7H,2,5-6H2. The van der Waals surface area contributed by atoms with Crippen LogP contribution in [0.5, 0.6) is 0 Å². The fraction of sp³-hybridized carbons (Fsp3) is 0.333. The summed E-state index contributed by atoms with van der Waals surface area (Å²) < 4.78 is 37.0. The largest absolute Gasteiger partial charge is 0.748 e. The highest BCUT2D eigenvalue weighted by molar-refractivity contribution is 7.85. The Balaban J connectivity index is 1.99. The van der Waals surface area contributed by atoms with E-state index in [9.17, 15) is 13.0 Å². The van der Waals surface area contributed by atoms with Crippen LogP contribution in [0.2, 0.25) is 0 Å². The third-order valence-electron chi connectivity index (χ3n) is 2.08. The van der Waals surface area contributed by atoms with E-state index in [1.807, 2.05) is 0 Å². The summed E-state index contributed by atoms with van der Waals surface area (Å²) in [5, 5.41) is 0. The van der Waals surface area contributed by atoms with Crippen molar-refractivity contribution in [1.82, 2.24) is 14.5 Å². The van der Waals surface area contributed by atoms with Crippen molar-refractivity contribution in [3.63, 3.8) is 0 Å². The Bertz CT molecular complexity index is 612. The van der Waals surface area contributed by atoms with Gasteiger partial charge in [-0.15, -0.1) is 0 Å². The Morgan fingerprint density at radius 2 is 2.06 bits per heavy atom. The van der Waals surface area contributed by atoms with Crippen molar-refractivity contribution in [2.24, 2.45) is 0 Å². The van der Waals surface area contributed by atoms with Crippen LogP contribution in [-0.2, 0) is 16.7 Å². The second-order valence-electron chi connectivity index (χ2n) is 3.52. The monoisotopic (exact) mass is 286 g/mol. The van der Waals surface area contributed by atoms with Crippen molar-refractivity contribution in [2.75, 3.05) is 5.75 Å². The second-order valence-corrected chi connectivity index (χ2v) is 5.83. The zero-order valence-electron chi connectivity index (χ0n) is 9.26. The van der Waals surface area contributed by atoms with E-state index in [0.717, 1.165) is 4.88 Å². The molecule has 0 aliphatic carbocycles. The number of aromatic nitrogens is 4. The number of hydrogen-bond acceptors (Lipinski definition) is 7. The van der Waals surface area contributed by atoms with Crippen LogP contribution in [0.3, 0.4) is 0 Å². The SMILES string of the molecule is O=S(=O)([O-])CCC[n+]1cc(-c2ncccn2)sn1. The van der Waals surface area contributed by atoms with Gasteiger partial charge in [0.05, 0.1) is 14.6 Å². The van der Waals surface area contributed by atoms with E-state index in [1.54, 1.807) is 29.3 Å². The van der Waals surface area contributed by atoms with Crippen LogP contribution in [-0.4, -0.2) is 33.2 Å². The summed E-state index contributed by atoms with van der Waals surface area (Å²) in [5.41, 5.74) is 0. The molecule has 0 N–H and O–H groups in total. The molecule has 2 aromatic heterocycles. The van der Waals surface area contributed by atoms with E-state index in [-0.39, 0.29) is 12.2 Å². The van der Waals surface area contributed by atoms with Crippen molar-refractivity contribution in [1.29, 1.82) is 0 Å². The van der Waals surface area contributed by atoms with Crippen LogP contribution in [0.4, 0.5) is 0 Å². The molecule has 9 heteroatoms. The highest BCUT2D eigenvalue weighted by Gasteiger charge is 2.13. The first-order valence-electron chi connectivity index (χ1n) is 5.12. The molecule has 2 aromatic rings. The molecule has 0 amide bonds. The molecule has 18 heavy (non-hydrogen) atoms. The Morgan fingerprint density at radius 3 is 2.72 bits per heavy atom. The molecule has 0 aromatic carbocycles. The van der Waals surface area contributed by atoms with Crippen molar-refractivity contribution < 1.29 is 17.7 Å². The predicted octanol–water partition coefficient (Wildman–Crippen LogP) is -0.177. The normalized spacial score (nSPS) is 11.6. The molecule has 0 bridgehead atoms. The maximum Gasteiger partial charge on any atom is 0.220 e. The van der Waals surface area contributed by atoms with Gasteiger partial charge in [-0.25, -0.2) is 18.4 Å². The van der Waals surface area contributed by atoms with Crippen molar-refractivity contribution >= 4 is 21.7 Å². The molecule has 0 aliphatic heterocycles. The summed E-state index contributed by atoms with van der Waals surface area (Å²) in [6.07, 6.45) is 5.25. The first-order chi connectivity index (χ1) is 8.54. The van der Waals surface area contributed by atoms with Gasteiger partial charge < -0.3 is 4.55 Å². The Morgan fingerprint density at radius 1 is 1.33 bits per heavy atom. The summed E-state index contributed by atoms with van der Waals surface area (Å²) in [4.78, 5) is 8.96. The van der Waals surface area contributed by atoms with E-state index in [0.29, 0.717) is 12.4 Å². The van der Waals surface area contributed by atoms with Gasteiger partial charge in [-0.2, -0.15) is 0 Å².